The van der Waals surface area contributed by atoms with E-state index in [9.17, 15) is 28.8 Å². The Hall–Kier alpha value is -3.26. The van der Waals surface area contributed by atoms with E-state index in [2.05, 4.69) is 16.0 Å². The summed E-state index contributed by atoms with van der Waals surface area (Å²) >= 11 is 0. The van der Waals surface area contributed by atoms with E-state index in [-0.39, 0.29) is 19.3 Å². The van der Waals surface area contributed by atoms with E-state index in [1.807, 2.05) is 0 Å². The van der Waals surface area contributed by atoms with Crippen LogP contribution in [-0.2, 0) is 28.8 Å². The van der Waals surface area contributed by atoms with Crippen molar-refractivity contribution in [3.8, 4) is 0 Å². The lowest BCUT2D eigenvalue weighted by Gasteiger charge is -2.20. The van der Waals surface area contributed by atoms with Crippen molar-refractivity contribution < 1.29 is 39.0 Å². The minimum absolute atomic E-state index is 0.138. The number of carbonyl (C=O) groups excluding carboxylic acids is 4. The average molecular weight is 460 g/mol. The van der Waals surface area contributed by atoms with Crippen LogP contribution >= 0.6 is 0 Å². The maximum Gasteiger partial charge on any atom is 0.326 e. The molecule has 0 aliphatic carbocycles. The van der Waals surface area contributed by atoms with Crippen molar-refractivity contribution >= 4 is 35.6 Å². The Balaban J connectivity index is 4.86. The van der Waals surface area contributed by atoms with E-state index in [4.69, 9.17) is 27.4 Å². The Labute approximate surface area is 184 Å². The molecule has 0 aromatic heterocycles. The highest BCUT2D eigenvalue weighted by Crippen LogP contribution is 2.02. The maximum atomic E-state index is 12.4. The molecular weight excluding hydrogens is 428 g/mol. The molecular formula is C18H32N6O8. The quantitative estimate of drug-likeness (QED) is 0.100. The Kier molecular flexibility index (Phi) is 13.9. The third-order valence-electron chi connectivity index (χ3n) is 4.32. The molecule has 0 aromatic carbocycles. The van der Waals surface area contributed by atoms with Gasteiger partial charge in [-0.15, -0.1) is 0 Å². The summed E-state index contributed by atoms with van der Waals surface area (Å²) in [5.74, 6) is -5.68. The lowest BCUT2D eigenvalue weighted by molar-refractivity contribution is -0.143. The molecule has 0 aromatic rings. The first kappa shape index (κ1) is 28.7. The van der Waals surface area contributed by atoms with Gasteiger partial charge in [0.1, 0.15) is 12.1 Å². The minimum Gasteiger partial charge on any atom is -0.481 e. The molecule has 3 unspecified atom stereocenters. The molecule has 0 rings (SSSR count). The van der Waals surface area contributed by atoms with Gasteiger partial charge in [-0.3, -0.25) is 24.0 Å². The van der Waals surface area contributed by atoms with E-state index in [0.717, 1.165) is 0 Å². The van der Waals surface area contributed by atoms with Crippen LogP contribution in [0.3, 0.4) is 0 Å². The molecule has 0 bridgehead atoms. The smallest absolute Gasteiger partial charge is 0.326 e. The summed E-state index contributed by atoms with van der Waals surface area (Å²) in [7, 11) is 0. The fraction of sp³-hybridized carbons (Fsp3) is 0.667. The molecule has 14 heteroatoms. The zero-order chi connectivity index (χ0) is 24.7. The van der Waals surface area contributed by atoms with Crippen LogP contribution in [0.5, 0.6) is 0 Å². The molecule has 182 valence electrons. The zero-order valence-corrected chi connectivity index (χ0v) is 17.7. The van der Waals surface area contributed by atoms with Crippen LogP contribution in [-0.4, -0.2) is 77.0 Å². The van der Waals surface area contributed by atoms with Crippen LogP contribution in [0, 0.1) is 0 Å². The van der Waals surface area contributed by atoms with Crippen LogP contribution in [0.1, 0.15) is 44.9 Å². The summed E-state index contributed by atoms with van der Waals surface area (Å²) in [6.45, 7) is -0.194. The molecule has 0 radical (unpaired) electrons. The predicted molar refractivity (Wildman–Crippen MR) is 111 cm³/mol. The molecule has 3 atom stereocenters. The third kappa shape index (κ3) is 13.1. The lowest BCUT2D eigenvalue weighted by Crippen LogP contribution is -2.53. The number of hydrogen-bond acceptors (Lipinski definition) is 8. The van der Waals surface area contributed by atoms with Gasteiger partial charge in [-0.25, -0.2) is 4.79 Å². The standard InChI is InChI=1S/C18H32N6O8/c19-8-2-1-3-10(20)16(29)24-11(4-6-13(21)25)17(30)22-9-14(26)23-12(18(31)32)5-7-15(27)28/h10-12H,1-9,19-20H2,(H2,21,25)(H,22,30)(H,23,26)(H,24,29)(H,27,28)(H,31,32). The van der Waals surface area contributed by atoms with Crippen molar-refractivity contribution in [2.75, 3.05) is 13.1 Å². The number of nitrogens with two attached hydrogens (primary N) is 3. The highest BCUT2D eigenvalue weighted by Gasteiger charge is 2.25. The molecule has 0 aliphatic heterocycles. The summed E-state index contributed by atoms with van der Waals surface area (Å²) in [6, 6.07) is -3.56. The number of rotatable bonds is 17. The van der Waals surface area contributed by atoms with Gasteiger partial charge in [0, 0.05) is 12.8 Å². The van der Waals surface area contributed by atoms with Crippen molar-refractivity contribution in [3.63, 3.8) is 0 Å². The van der Waals surface area contributed by atoms with E-state index in [1.54, 1.807) is 0 Å². The number of carboxylic acids is 2. The lowest BCUT2D eigenvalue weighted by atomic mass is 10.1. The number of aliphatic carboxylic acids is 2. The van der Waals surface area contributed by atoms with Crippen molar-refractivity contribution in [2.45, 2.75) is 63.1 Å². The van der Waals surface area contributed by atoms with Gasteiger partial charge in [-0.2, -0.15) is 0 Å². The molecule has 11 N–H and O–H groups in total. The molecule has 0 saturated carbocycles. The normalized spacial score (nSPS) is 13.3. The first-order chi connectivity index (χ1) is 15.0. The number of carboxylic acid groups (broad SMARTS) is 2. The minimum atomic E-state index is -1.45. The summed E-state index contributed by atoms with van der Waals surface area (Å²) in [5, 5.41) is 24.4. The molecule has 0 saturated heterocycles. The zero-order valence-electron chi connectivity index (χ0n) is 17.7. The van der Waals surface area contributed by atoms with Crippen LogP contribution in [0.4, 0.5) is 0 Å². The monoisotopic (exact) mass is 460 g/mol. The summed E-state index contributed by atoms with van der Waals surface area (Å²) < 4.78 is 0. The van der Waals surface area contributed by atoms with Crippen molar-refractivity contribution in [3.05, 3.63) is 0 Å². The van der Waals surface area contributed by atoms with Crippen LogP contribution in [0.2, 0.25) is 0 Å². The van der Waals surface area contributed by atoms with Crippen LogP contribution < -0.4 is 33.2 Å². The number of hydrogen-bond donors (Lipinski definition) is 8. The first-order valence-corrected chi connectivity index (χ1v) is 10.0. The van der Waals surface area contributed by atoms with Gasteiger partial charge in [0.25, 0.3) is 0 Å². The first-order valence-electron chi connectivity index (χ1n) is 10.0. The largest absolute Gasteiger partial charge is 0.481 e. The third-order valence-corrected chi connectivity index (χ3v) is 4.32. The van der Waals surface area contributed by atoms with Gasteiger partial charge < -0.3 is 43.4 Å². The van der Waals surface area contributed by atoms with Crippen molar-refractivity contribution in [2.24, 2.45) is 17.2 Å². The Bertz CT molecular complexity index is 686. The van der Waals surface area contributed by atoms with Crippen LogP contribution in [0.25, 0.3) is 0 Å². The van der Waals surface area contributed by atoms with E-state index in [0.29, 0.717) is 25.8 Å². The maximum absolute atomic E-state index is 12.4. The number of unbranched alkanes of at least 4 members (excludes halogenated alkanes) is 1. The molecule has 0 fully saturated rings. The summed E-state index contributed by atoms with van der Waals surface area (Å²) in [6.07, 6.45) is 0.438. The van der Waals surface area contributed by atoms with E-state index in [1.165, 1.54) is 0 Å². The topological polar surface area (TPSA) is 257 Å². The average Bonchev–Trinajstić information content (AvgIpc) is 2.71. The van der Waals surface area contributed by atoms with Gasteiger partial charge in [0.05, 0.1) is 12.6 Å². The second-order valence-electron chi connectivity index (χ2n) is 7.07. The van der Waals surface area contributed by atoms with Gasteiger partial charge in [-0.1, -0.05) is 6.42 Å². The number of carbonyl (C=O) groups is 6. The molecule has 0 aliphatic rings. The Morgan fingerprint density at radius 2 is 1.44 bits per heavy atom. The Morgan fingerprint density at radius 3 is 1.97 bits per heavy atom. The highest BCUT2D eigenvalue weighted by atomic mass is 16.4. The molecule has 0 spiro atoms. The SMILES string of the molecule is NCCCCC(N)C(=O)NC(CCC(N)=O)C(=O)NCC(=O)NC(CCC(=O)O)C(=O)O. The summed E-state index contributed by atoms with van der Waals surface area (Å²) in [4.78, 5) is 69.3. The molecule has 32 heavy (non-hydrogen) atoms. The fourth-order valence-electron chi connectivity index (χ4n) is 2.53. The predicted octanol–water partition coefficient (Wildman–Crippen LogP) is -3.26. The van der Waals surface area contributed by atoms with E-state index < -0.39 is 66.7 Å². The molecule has 0 heterocycles. The van der Waals surface area contributed by atoms with Gasteiger partial charge >= 0.3 is 11.9 Å². The van der Waals surface area contributed by atoms with Crippen molar-refractivity contribution in [1.82, 2.24) is 16.0 Å². The second kappa shape index (κ2) is 15.5. The number of primary amides is 1. The highest BCUT2D eigenvalue weighted by molar-refractivity contribution is 5.93. The number of amides is 4. The second-order valence-corrected chi connectivity index (χ2v) is 7.07. The molecule has 4 amide bonds. The fourth-order valence-corrected chi connectivity index (χ4v) is 2.53. The van der Waals surface area contributed by atoms with Gasteiger partial charge in [-0.05, 0) is 32.2 Å². The number of nitrogens with one attached hydrogen (secondary N) is 3. The van der Waals surface area contributed by atoms with Gasteiger partial charge in [0.15, 0.2) is 0 Å². The summed E-state index contributed by atoms with van der Waals surface area (Å²) in [5.41, 5.74) is 16.3. The Morgan fingerprint density at radius 1 is 0.812 bits per heavy atom. The van der Waals surface area contributed by atoms with Crippen molar-refractivity contribution in [1.29, 1.82) is 0 Å². The van der Waals surface area contributed by atoms with Crippen LogP contribution in [0.15, 0.2) is 0 Å². The molecule has 14 nitrogen and oxygen atoms in total. The van der Waals surface area contributed by atoms with Gasteiger partial charge in [0.2, 0.25) is 23.6 Å². The van der Waals surface area contributed by atoms with E-state index >= 15 is 0 Å².